The molecule has 108 valence electrons. The Morgan fingerprint density at radius 1 is 1.45 bits per heavy atom. The molecule has 0 spiro atoms. The van der Waals surface area contributed by atoms with E-state index in [0.29, 0.717) is 13.0 Å². The Morgan fingerprint density at radius 2 is 2.20 bits per heavy atom. The fourth-order valence-corrected chi connectivity index (χ4v) is 2.58. The summed E-state index contributed by atoms with van der Waals surface area (Å²) in [5.74, 6) is -1.41. The highest BCUT2D eigenvalue weighted by molar-refractivity contribution is 14.1. The number of amides is 1. The molecule has 1 saturated heterocycles. The van der Waals surface area contributed by atoms with Gasteiger partial charge in [0.05, 0.1) is 17.4 Å². The van der Waals surface area contributed by atoms with Crippen LogP contribution in [0.25, 0.3) is 0 Å². The zero-order valence-electron chi connectivity index (χ0n) is 10.6. The van der Waals surface area contributed by atoms with Crippen LogP contribution in [-0.4, -0.2) is 35.7 Å². The number of benzene rings is 1. The Morgan fingerprint density at radius 3 is 2.80 bits per heavy atom. The van der Waals surface area contributed by atoms with Gasteiger partial charge in [-0.05, 0) is 53.6 Å². The van der Waals surface area contributed by atoms with Crippen LogP contribution in [0.3, 0.4) is 0 Å². The van der Waals surface area contributed by atoms with E-state index < -0.39 is 12.1 Å². The Labute approximate surface area is 129 Å². The van der Waals surface area contributed by atoms with Crippen molar-refractivity contribution < 1.29 is 19.4 Å². The molecular weight excluding hydrogens is 375 g/mol. The number of carboxylic acid groups (broad SMARTS) is 1. The fourth-order valence-electron chi connectivity index (χ4n) is 2.09. The van der Waals surface area contributed by atoms with Gasteiger partial charge >= 0.3 is 5.97 Å². The number of carbonyl (C=O) groups is 2. The van der Waals surface area contributed by atoms with E-state index in [1.165, 1.54) is 6.07 Å². The van der Waals surface area contributed by atoms with Crippen LogP contribution >= 0.6 is 22.6 Å². The summed E-state index contributed by atoms with van der Waals surface area (Å²) >= 11 is 2.02. The smallest absolute Gasteiger partial charge is 0.337 e. The van der Waals surface area contributed by atoms with Crippen LogP contribution in [0.15, 0.2) is 18.2 Å². The summed E-state index contributed by atoms with van der Waals surface area (Å²) in [7, 11) is 0. The summed E-state index contributed by atoms with van der Waals surface area (Å²) in [4.78, 5) is 23.2. The monoisotopic (exact) mass is 390 g/mol. The van der Waals surface area contributed by atoms with Crippen LogP contribution in [0.4, 0.5) is 5.69 Å². The highest BCUT2D eigenvalue weighted by Crippen LogP contribution is 2.23. The van der Waals surface area contributed by atoms with E-state index in [0.717, 1.165) is 9.99 Å². The molecule has 1 fully saturated rings. The lowest BCUT2D eigenvalue weighted by Crippen LogP contribution is -2.30. The Hall–Kier alpha value is -1.19. The van der Waals surface area contributed by atoms with Crippen molar-refractivity contribution in [1.29, 1.82) is 0 Å². The first-order valence-corrected chi connectivity index (χ1v) is 7.28. The van der Waals surface area contributed by atoms with Gasteiger partial charge in [-0.25, -0.2) is 4.79 Å². The van der Waals surface area contributed by atoms with E-state index in [1.54, 1.807) is 12.1 Å². The SMILES string of the molecule is NCC1CCC(C(=O)Nc2ccc(I)cc2C(=O)O)O1. The average molecular weight is 390 g/mol. The minimum Gasteiger partial charge on any atom is -0.478 e. The van der Waals surface area contributed by atoms with Gasteiger partial charge < -0.3 is 20.9 Å². The topological polar surface area (TPSA) is 102 Å². The molecule has 2 unspecified atom stereocenters. The molecule has 0 saturated carbocycles. The van der Waals surface area contributed by atoms with E-state index in [9.17, 15) is 9.59 Å². The van der Waals surface area contributed by atoms with Gasteiger partial charge in [-0.15, -0.1) is 0 Å². The molecule has 20 heavy (non-hydrogen) atoms. The molecule has 1 aromatic carbocycles. The predicted molar refractivity (Wildman–Crippen MR) is 81.7 cm³/mol. The van der Waals surface area contributed by atoms with Crippen molar-refractivity contribution in [3.8, 4) is 0 Å². The largest absolute Gasteiger partial charge is 0.478 e. The Kier molecular flexibility index (Phi) is 4.95. The second kappa shape index (κ2) is 6.51. The maximum atomic E-state index is 12.1. The summed E-state index contributed by atoms with van der Waals surface area (Å²) in [6, 6.07) is 4.83. The minimum absolute atomic E-state index is 0.0682. The number of anilines is 1. The molecule has 2 atom stereocenters. The molecule has 6 nitrogen and oxygen atoms in total. The average Bonchev–Trinajstić information content (AvgIpc) is 2.89. The minimum atomic E-state index is -1.08. The van der Waals surface area contributed by atoms with Crippen molar-refractivity contribution in [2.75, 3.05) is 11.9 Å². The van der Waals surface area contributed by atoms with E-state index in [4.69, 9.17) is 15.6 Å². The third-order valence-corrected chi connectivity index (χ3v) is 3.80. The van der Waals surface area contributed by atoms with Crippen LogP contribution < -0.4 is 11.1 Å². The molecule has 0 aromatic heterocycles. The highest BCUT2D eigenvalue weighted by Gasteiger charge is 2.30. The number of nitrogens with two attached hydrogens (primary N) is 1. The van der Waals surface area contributed by atoms with Crippen molar-refractivity contribution >= 4 is 40.2 Å². The van der Waals surface area contributed by atoms with Crippen LogP contribution in [0.5, 0.6) is 0 Å². The van der Waals surface area contributed by atoms with Crippen LogP contribution in [0, 0.1) is 3.57 Å². The van der Waals surface area contributed by atoms with Gasteiger partial charge in [0, 0.05) is 10.1 Å². The first-order chi connectivity index (χ1) is 9.51. The first kappa shape index (κ1) is 15.2. The van der Waals surface area contributed by atoms with Gasteiger partial charge in [0.25, 0.3) is 5.91 Å². The summed E-state index contributed by atoms with van der Waals surface area (Å²) in [6.45, 7) is 0.383. The molecule has 1 aromatic rings. The van der Waals surface area contributed by atoms with Crippen molar-refractivity contribution in [2.45, 2.75) is 25.0 Å². The fraction of sp³-hybridized carbons (Fsp3) is 0.385. The summed E-state index contributed by atoms with van der Waals surface area (Å²) in [6.07, 6.45) is 0.680. The number of halogens is 1. The van der Waals surface area contributed by atoms with Crippen molar-refractivity contribution in [1.82, 2.24) is 0 Å². The molecule has 1 aliphatic heterocycles. The molecule has 4 N–H and O–H groups in total. The number of ether oxygens (including phenoxy) is 1. The number of hydrogen-bond donors (Lipinski definition) is 3. The van der Waals surface area contributed by atoms with Crippen LogP contribution in [0.2, 0.25) is 0 Å². The number of rotatable bonds is 4. The van der Waals surface area contributed by atoms with Crippen LogP contribution in [0.1, 0.15) is 23.2 Å². The maximum Gasteiger partial charge on any atom is 0.337 e. The molecule has 0 bridgehead atoms. The first-order valence-electron chi connectivity index (χ1n) is 6.20. The van der Waals surface area contributed by atoms with Gasteiger partial charge in [0.1, 0.15) is 6.10 Å². The van der Waals surface area contributed by atoms with E-state index in [1.807, 2.05) is 22.6 Å². The lowest BCUT2D eigenvalue weighted by atomic mass is 10.1. The molecule has 7 heteroatoms. The van der Waals surface area contributed by atoms with Gasteiger partial charge in [0.15, 0.2) is 0 Å². The summed E-state index contributed by atoms with van der Waals surface area (Å²) < 4.78 is 6.27. The quantitative estimate of drug-likeness (QED) is 0.676. The number of hydrogen-bond acceptors (Lipinski definition) is 4. The van der Waals surface area contributed by atoms with Crippen molar-refractivity contribution in [2.24, 2.45) is 5.73 Å². The third kappa shape index (κ3) is 3.47. The number of nitrogens with one attached hydrogen (secondary N) is 1. The van der Waals surface area contributed by atoms with E-state index in [-0.39, 0.29) is 23.3 Å². The summed E-state index contributed by atoms with van der Waals surface area (Å²) in [5.41, 5.74) is 5.84. The molecule has 1 amide bonds. The molecule has 0 aliphatic carbocycles. The lowest BCUT2D eigenvalue weighted by molar-refractivity contribution is -0.126. The van der Waals surface area contributed by atoms with E-state index >= 15 is 0 Å². The molecule has 2 rings (SSSR count). The second-order valence-electron chi connectivity index (χ2n) is 4.54. The van der Waals surface area contributed by atoms with Gasteiger partial charge in [-0.2, -0.15) is 0 Å². The Bertz CT molecular complexity index is 535. The Balaban J connectivity index is 2.10. The molecule has 1 heterocycles. The van der Waals surface area contributed by atoms with Gasteiger partial charge in [-0.1, -0.05) is 0 Å². The number of carboxylic acids is 1. The molecule has 0 radical (unpaired) electrons. The van der Waals surface area contributed by atoms with Crippen molar-refractivity contribution in [3.63, 3.8) is 0 Å². The number of carbonyl (C=O) groups excluding carboxylic acids is 1. The lowest BCUT2D eigenvalue weighted by Gasteiger charge is -2.14. The molecule has 1 aliphatic rings. The van der Waals surface area contributed by atoms with Gasteiger partial charge in [-0.3, -0.25) is 4.79 Å². The summed E-state index contributed by atoms with van der Waals surface area (Å²) in [5, 5.41) is 11.8. The highest BCUT2D eigenvalue weighted by atomic mass is 127. The van der Waals surface area contributed by atoms with E-state index in [2.05, 4.69) is 5.32 Å². The van der Waals surface area contributed by atoms with Crippen molar-refractivity contribution in [3.05, 3.63) is 27.3 Å². The normalized spacial score (nSPS) is 21.7. The zero-order chi connectivity index (χ0) is 14.7. The van der Waals surface area contributed by atoms with Gasteiger partial charge in [0.2, 0.25) is 0 Å². The zero-order valence-corrected chi connectivity index (χ0v) is 12.8. The number of aromatic carboxylic acids is 1. The third-order valence-electron chi connectivity index (χ3n) is 3.13. The molecular formula is C13H15IN2O4. The maximum absolute atomic E-state index is 12.1. The predicted octanol–water partition coefficient (Wildman–Crippen LogP) is 1.43. The standard InChI is InChI=1S/C13H15IN2O4/c14-7-1-3-10(9(5-7)13(18)19)16-12(17)11-4-2-8(6-15)20-11/h1,3,5,8,11H,2,4,6,15H2,(H,16,17)(H,18,19). The van der Waals surface area contributed by atoms with Crippen LogP contribution in [-0.2, 0) is 9.53 Å². The second-order valence-corrected chi connectivity index (χ2v) is 5.79.